The predicted octanol–water partition coefficient (Wildman–Crippen LogP) is 4.26. The Morgan fingerprint density at radius 2 is 1.89 bits per heavy atom. The fraction of sp³-hybridized carbons (Fsp3) is 0.200. The molecule has 0 spiro atoms. The molecular formula is C15H15ClFN. The first-order valence-electron chi connectivity index (χ1n) is 5.96. The van der Waals surface area contributed by atoms with Crippen molar-refractivity contribution in [3.63, 3.8) is 0 Å². The second kappa shape index (κ2) is 5.98. The van der Waals surface area contributed by atoms with E-state index in [0.29, 0.717) is 10.6 Å². The van der Waals surface area contributed by atoms with Crippen molar-refractivity contribution in [2.45, 2.75) is 13.5 Å². The highest BCUT2D eigenvalue weighted by Crippen LogP contribution is 2.28. The molecule has 0 aliphatic heterocycles. The van der Waals surface area contributed by atoms with Crippen molar-refractivity contribution in [3.8, 4) is 11.1 Å². The molecule has 2 aromatic rings. The highest BCUT2D eigenvalue weighted by Gasteiger charge is 2.09. The molecule has 0 radical (unpaired) electrons. The first kappa shape index (κ1) is 13.1. The highest BCUT2D eigenvalue weighted by molar-refractivity contribution is 6.30. The Hall–Kier alpha value is -1.38. The average Bonchev–Trinajstić information content (AvgIpc) is 2.37. The van der Waals surface area contributed by atoms with E-state index in [0.717, 1.165) is 24.2 Å². The molecule has 0 saturated carbocycles. The number of halogens is 2. The smallest absolute Gasteiger partial charge is 0.132 e. The summed E-state index contributed by atoms with van der Waals surface area (Å²) in [5.41, 5.74) is 2.58. The van der Waals surface area contributed by atoms with Crippen molar-refractivity contribution in [2.75, 3.05) is 6.54 Å². The quantitative estimate of drug-likeness (QED) is 0.869. The lowest BCUT2D eigenvalue weighted by molar-refractivity contribution is 0.631. The van der Waals surface area contributed by atoms with E-state index in [2.05, 4.69) is 5.32 Å². The molecule has 1 N–H and O–H groups in total. The van der Waals surface area contributed by atoms with E-state index in [4.69, 9.17) is 11.6 Å². The molecule has 0 fully saturated rings. The lowest BCUT2D eigenvalue weighted by atomic mass is 9.99. The molecule has 0 aliphatic rings. The number of hydrogen-bond acceptors (Lipinski definition) is 1. The molecule has 0 heterocycles. The third-order valence-corrected chi connectivity index (χ3v) is 3.04. The molecule has 0 bridgehead atoms. The van der Waals surface area contributed by atoms with Gasteiger partial charge in [-0.05, 0) is 35.9 Å². The standard InChI is InChI=1S/C15H15ClFN/c1-2-18-10-11-5-3-4-6-13(11)14-8-7-12(16)9-15(14)17/h3-9,18H,2,10H2,1H3. The summed E-state index contributed by atoms with van der Waals surface area (Å²) >= 11 is 5.78. The van der Waals surface area contributed by atoms with Gasteiger partial charge in [-0.3, -0.25) is 0 Å². The summed E-state index contributed by atoms with van der Waals surface area (Å²) in [5, 5.41) is 3.67. The van der Waals surface area contributed by atoms with Gasteiger partial charge in [-0.1, -0.05) is 42.8 Å². The topological polar surface area (TPSA) is 12.0 Å². The molecule has 0 aliphatic carbocycles. The maximum absolute atomic E-state index is 13.9. The van der Waals surface area contributed by atoms with E-state index in [9.17, 15) is 4.39 Å². The second-order valence-electron chi connectivity index (χ2n) is 4.06. The normalized spacial score (nSPS) is 10.6. The summed E-state index contributed by atoms with van der Waals surface area (Å²) < 4.78 is 13.9. The van der Waals surface area contributed by atoms with Crippen molar-refractivity contribution >= 4 is 11.6 Å². The van der Waals surface area contributed by atoms with Crippen molar-refractivity contribution in [1.29, 1.82) is 0 Å². The molecule has 0 saturated heterocycles. The molecule has 3 heteroatoms. The molecule has 0 unspecified atom stereocenters. The number of benzene rings is 2. The van der Waals surface area contributed by atoms with Crippen LogP contribution < -0.4 is 5.32 Å². The molecule has 0 amide bonds. The van der Waals surface area contributed by atoms with Crippen LogP contribution in [-0.2, 0) is 6.54 Å². The van der Waals surface area contributed by atoms with Crippen LogP contribution >= 0.6 is 11.6 Å². The molecule has 2 rings (SSSR count). The van der Waals surface area contributed by atoms with Crippen molar-refractivity contribution in [3.05, 3.63) is 58.9 Å². The molecule has 2 aromatic carbocycles. The van der Waals surface area contributed by atoms with E-state index in [-0.39, 0.29) is 5.82 Å². The summed E-state index contributed by atoms with van der Waals surface area (Å²) in [4.78, 5) is 0. The Bertz CT molecular complexity index is 540. The molecule has 0 atom stereocenters. The van der Waals surface area contributed by atoms with Crippen molar-refractivity contribution in [2.24, 2.45) is 0 Å². The first-order valence-corrected chi connectivity index (χ1v) is 6.34. The third kappa shape index (κ3) is 2.89. The summed E-state index contributed by atoms with van der Waals surface area (Å²) in [6.45, 7) is 3.66. The minimum Gasteiger partial charge on any atom is -0.313 e. The SMILES string of the molecule is CCNCc1ccccc1-c1ccc(Cl)cc1F. The molecule has 18 heavy (non-hydrogen) atoms. The number of rotatable bonds is 4. The van der Waals surface area contributed by atoms with Crippen LogP contribution in [-0.4, -0.2) is 6.54 Å². The first-order chi connectivity index (χ1) is 8.72. The molecule has 0 aromatic heterocycles. The minimum atomic E-state index is -0.286. The van der Waals surface area contributed by atoms with Crippen LogP contribution in [0, 0.1) is 5.82 Å². The zero-order valence-corrected chi connectivity index (χ0v) is 11.0. The van der Waals surface area contributed by atoms with Gasteiger partial charge in [0.05, 0.1) is 0 Å². The fourth-order valence-electron chi connectivity index (χ4n) is 1.90. The Morgan fingerprint density at radius 3 is 2.61 bits per heavy atom. The van der Waals surface area contributed by atoms with Gasteiger partial charge in [-0.25, -0.2) is 4.39 Å². The third-order valence-electron chi connectivity index (χ3n) is 2.80. The van der Waals surface area contributed by atoms with E-state index >= 15 is 0 Å². The lowest BCUT2D eigenvalue weighted by Gasteiger charge is -2.11. The largest absolute Gasteiger partial charge is 0.313 e. The van der Waals surface area contributed by atoms with Gasteiger partial charge >= 0.3 is 0 Å². The van der Waals surface area contributed by atoms with E-state index in [1.165, 1.54) is 6.07 Å². The van der Waals surface area contributed by atoms with Crippen LogP contribution in [0.25, 0.3) is 11.1 Å². The van der Waals surface area contributed by atoms with Crippen LogP contribution in [0.5, 0.6) is 0 Å². The van der Waals surface area contributed by atoms with Gasteiger partial charge in [0.1, 0.15) is 5.82 Å². The van der Waals surface area contributed by atoms with Crippen LogP contribution in [0.2, 0.25) is 5.02 Å². The zero-order valence-electron chi connectivity index (χ0n) is 10.2. The van der Waals surface area contributed by atoms with Crippen LogP contribution in [0.1, 0.15) is 12.5 Å². The van der Waals surface area contributed by atoms with Crippen molar-refractivity contribution < 1.29 is 4.39 Å². The van der Waals surface area contributed by atoms with Crippen LogP contribution in [0.15, 0.2) is 42.5 Å². The van der Waals surface area contributed by atoms with Gasteiger partial charge in [0, 0.05) is 17.1 Å². The van der Waals surface area contributed by atoms with Gasteiger partial charge in [-0.15, -0.1) is 0 Å². The van der Waals surface area contributed by atoms with Gasteiger partial charge in [0.25, 0.3) is 0 Å². The number of hydrogen-bond donors (Lipinski definition) is 1. The van der Waals surface area contributed by atoms with Crippen molar-refractivity contribution in [1.82, 2.24) is 5.32 Å². The Labute approximate surface area is 112 Å². The van der Waals surface area contributed by atoms with Crippen LogP contribution in [0.4, 0.5) is 4.39 Å². The summed E-state index contributed by atoms with van der Waals surface area (Å²) in [5.74, 6) is -0.286. The van der Waals surface area contributed by atoms with Gasteiger partial charge in [0.15, 0.2) is 0 Å². The maximum atomic E-state index is 13.9. The second-order valence-corrected chi connectivity index (χ2v) is 4.50. The molecule has 94 valence electrons. The van der Waals surface area contributed by atoms with Gasteiger partial charge in [-0.2, -0.15) is 0 Å². The average molecular weight is 264 g/mol. The fourth-order valence-corrected chi connectivity index (χ4v) is 2.06. The maximum Gasteiger partial charge on any atom is 0.132 e. The summed E-state index contributed by atoms with van der Waals surface area (Å²) in [7, 11) is 0. The molecule has 1 nitrogen and oxygen atoms in total. The highest BCUT2D eigenvalue weighted by atomic mass is 35.5. The molecular weight excluding hydrogens is 249 g/mol. The Morgan fingerprint density at radius 1 is 1.11 bits per heavy atom. The van der Waals surface area contributed by atoms with E-state index in [1.807, 2.05) is 31.2 Å². The van der Waals surface area contributed by atoms with Gasteiger partial charge < -0.3 is 5.32 Å². The Balaban J connectivity index is 2.43. The zero-order chi connectivity index (χ0) is 13.0. The summed E-state index contributed by atoms with van der Waals surface area (Å²) in [6, 6.07) is 12.6. The monoisotopic (exact) mass is 263 g/mol. The van der Waals surface area contributed by atoms with E-state index < -0.39 is 0 Å². The van der Waals surface area contributed by atoms with Crippen LogP contribution in [0.3, 0.4) is 0 Å². The Kier molecular flexibility index (Phi) is 4.34. The van der Waals surface area contributed by atoms with Gasteiger partial charge in [0.2, 0.25) is 0 Å². The predicted molar refractivity (Wildman–Crippen MR) is 74.2 cm³/mol. The lowest BCUT2D eigenvalue weighted by Crippen LogP contribution is -2.12. The number of nitrogens with one attached hydrogen (secondary N) is 1. The minimum absolute atomic E-state index is 0.286. The van der Waals surface area contributed by atoms with E-state index in [1.54, 1.807) is 12.1 Å². The summed E-state index contributed by atoms with van der Waals surface area (Å²) in [6.07, 6.45) is 0.